The molecule has 1 aromatic rings. The number of nitrogens with zero attached hydrogens (tertiary/aromatic N) is 1. The molecule has 1 atom stereocenters. The molecule has 1 heterocycles. The summed E-state index contributed by atoms with van der Waals surface area (Å²) >= 11 is 7.62. The molecule has 2 amide bonds. The van der Waals surface area contributed by atoms with Crippen molar-refractivity contribution in [3.63, 3.8) is 0 Å². The summed E-state index contributed by atoms with van der Waals surface area (Å²) in [4.78, 5) is 26.3. The second-order valence-electron chi connectivity index (χ2n) is 4.58. The molecule has 1 aromatic carbocycles. The molecule has 0 spiro atoms. The van der Waals surface area contributed by atoms with Crippen molar-refractivity contribution >= 4 is 35.2 Å². The van der Waals surface area contributed by atoms with E-state index in [0.29, 0.717) is 30.3 Å². The van der Waals surface area contributed by atoms with E-state index >= 15 is 0 Å². The Labute approximate surface area is 127 Å². The van der Waals surface area contributed by atoms with Gasteiger partial charge in [-0.05, 0) is 19.1 Å². The van der Waals surface area contributed by atoms with Crippen LogP contribution in [0.4, 0.5) is 0 Å². The van der Waals surface area contributed by atoms with Gasteiger partial charge in [-0.1, -0.05) is 23.7 Å². The lowest BCUT2D eigenvalue weighted by Gasteiger charge is -2.32. The molecule has 1 unspecified atom stereocenters. The predicted octanol–water partition coefficient (Wildman–Crippen LogP) is 2.17. The maximum absolute atomic E-state index is 12.1. The minimum atomic E-state index is -0.374. The number of carbonyl (C=O) groups is 2. The van der Waals surface area contributed by atoms with E-state index in [1.165, 1.54) is 0 Å². The van der Waals surface area contributed by atoms with Gasteiger partial charge in [-0.2, -0.15) is 0 Å². The van der Waals surface area contributed by atoms with Gasteiger partial charge in [0.2, 0.25) is 11.8 Å². The number of piperazine rings is 1. The van der Waals surface area contributed by atoms with Crippen molar-refractivity contribution in [3.8, 4) is 0 Å². The van der Waals surface area contributed by atoms with Crippen molar-refractivity contribution in [2.75, 3.05) is 18.8 Å². The fraction of sp³-hybridized carbons (Fsp3) is 0.429. The summed E-state index contributed by atoms with van der Waals surface area (Å²) in [5.74, 6) is 0.600. The summed E-state index contributed by atoms with van der Waals surface area (Å²) < 4.78 is 0. The highest BCUT2D eigenvalue weighted by atomic mass is 35.5. The van der Waals surface area contributed by atoms with Gasteiger partial charge >= 0.3 is 0 Å². The fourth-order valence-corrected chi connectivity index (χ4v) is 3.25. The van der Waals surface area contributed by atoms with Gasteiger partial charge in [0.05, 0.1) is 5.02 Å². The van der Waals surface area contributed by atoms with Gasteiger partial charge in [-0.25, -0.2) is 0 Å². The number of benzene rings is 1. The smallest absolute Gasteiger partial charge is 0.242 e. The monoisotopic (exact) mass is 312 g/mol. The lowest BCUT2D eigenvalue weighted by atomic mass is 10.2. The molecule has 2 rings (SSSR count). The van der Waals surface area contributed by atoms with Crippen LogP contribution in [0.5, 0.6) is 0 Å². The van der Waals surface area contributed by atoms with Crippen LogP contribution in [-0.4, -0.2) is 41.6 Å². The lowest BCUT2D eigenvalue weighted by molar-refractivity contribution is -0.142. The number of thioether (sulfide) groups is 1. The number of hydrogen-bond acceptors (Lipinski definition) is 3. The molecule has 1 aliphatic heterocycles. The van der Waals surface area contributed by atoms with Crippen LogP contribution >= 0.6 is 23.4 Å². The molecular weight excluding hydrogens is 296 g/mol. The first-order valence-corrected chi connectivity index (χ1v) is 7.90. The molecule has 1 aliphatic rings. The van der Waals surface area contributed by atoms with E-state index in [0.717, 1.165) is 4.90 Å². The minimum Gasteiger partial charge on any atom is -0.353 e. The predicted molar refractivity (Wildman–Crippen MR) is 81.0 cm³/mol. The number of rotatable bonds is 4. The molecule has 108 valence electrons. The molecule has 0 radical (unpaired) electrons. The summed E-state index contributed by atoms with van der Waals surface area (Å²) in [6.07, 6.45) is 0.410. The van der Waals surface area contributed by atoms with Crippen molar-refractivity contribution in [2.24, 2.45) is 0 Å². The molecule has 0 bridgehead atoms. The maximum Gasteiger partial charge on any atom is 0.242 e. The van der Waals surface area contributed by atoms with Crippen molar-refractivity contribution in [1.82, 2.24) is 10.2 Å². The molecule has 6 heteroatoms. The average Bonchev–Trinajstić information content (AvgIpc) is 2.44. The van der Waals surface area contributed by atoms with E-state index in [4.69, 9.17) is 11.6 Å². The quantitative estimate of drug-likeness (QED) is 0.867. The van der Waals surface area contributed by atoms with E-state index < -0.39 is 0 Å². The van der Waals surface area contributed by atoms with E-state index in [2.05, 4.69) is 5.32 Å². The normalized spacial score (nSPS) is 18.8. The lowest BCUT2D eigenvalue weighted by Crippen LogP contribution is -2.55. The molecule has 20 heavy (non-hydrogen) atoms. The number of amides is 2. The zero-order chi connectivity index (χ0) is 14.5. The zero-order valence-electron chi connectivity index (χ0n) is 11.3. The zero-order valence-corrected chi connectivity index (χ0v) is 12.8. The Kier molecular flexibility index (Phi) is 5.31. The summed E-state index contributed by atoms with van der Waals surface area (Å²) in [5.41, 5.74) is 0. The summed E-state index contributed by atoms with van der Waals surface area (Å²) in [7, 11) is 0. The van der Waals surface area contributed by atoms with Crippen molar-refractivity contribution in [2.45, 2.75) is 24.3 Å². The number of carbonyl (C=O) groups excluding carboxylic acids is 2. The second kappa shape index (κ2) is 6.99. The number of halogens is 1. The van der Waals surface area contributed by atoms with Crippen LogP contribution in [-0.2, 0) is 9.59 Å². The van der Waals surface area contributed by atoms with Crippen molar-refractivity contribution < 1.29 is 9.59 Å². The highest BCUT2D eigenvalue weighted by Crippen LogP contribution is 2.27. The van der Waals surface area contributed by atoms with E-state index in [-0.39, 0.29) is 17.9 Å². The van der Waals surface area contributed by atoms with Gasteiger partial charge in [0, 0.05) is 30.2 Å². The van der Waals surface area contributed by atoms with E-state index in [9.17, 15) is 9.59 Å². The Morgan fingerprint density at radius 1 is 1.50 bits per heavy atom. The maximum atomic E-state index is 12.1. The highest BCUT2D eigenvalue weighted by Gasteiger charge is 2.28. The molecule has 1 fully saturated rings. The summed E-state index contributed by atoms with van der Waals surface area (Å²) in [5, 5.41) is 3.45. The Morgan fingerprint density at radius 2 is 2.25 bits per heavy atom. The van der Waals surface area contributed by atoms with Crippen LogP contribution in [0.1, 0.15) is 13.3 Å². The van der Waals surface area contributed by atoms with Crippen LogP contribution in [0.15, 0.2) is 29.2 Å². The SMILES string of the molecule is CC1C(=O)NCCN1C(=O)CCSc1ccccc1Cl. The molecule has 1 saturated heterocycles. The first kappa shape index (κ1) is 15.2. The van der Waals surface area contributed by atoms with Crippen LogP contribution in [0.3, 0.4) is 0 Å². The Bertz CT molecular complexity index is 510. The molecule has 4 nitrogen and oxygen atoms in total. The number of nitrogens with one attached hydrogen (secondary N) is 1. The molecule has 1 N–H and O–H groups in total. The van der Waals surface area contributed by atoms with Gasteiger partial charge in [-0.3, -0.25) is 9.59 Å². The van der Waals surface area contributed by atoms with E-state index in [1.807, 2.05) is 24.3 Å². The first-order valence-electron chi connectivity index (χ1n) is 6.54. The van der Waals surface area contributed by atoms with Gasteiger partial charge in [0.15, 0.2) is 0 Å². The average molecular weight is 313 g/mol. The van der Waals surface area contributed by atoms with Crippen LogP contribution in [0.25, 0.3) is 0 Å². The third-order valence-corrected chi connectivity index (χ3v) is 4.75. The van der Waals surface area contributed by atoms with Crippen molar-refractivity contribution in [3.05, 3.63) is 29.3 Å². The molecule has 0 aromatic heterocycles. The van der Waals surface area contributed by atoms with Crippen LogP contribution in [0, 0.1) is 0 Å². The number of hydrogen-bond donors (Lipinski definition) is 1. The summed E-state index contributed by atoms with van der Waals surface area (Å²) in [6.45, 7) is 2.88. The standard InChI is InChI=1S/C14H17ClN2O2S/c1-10-14(19)16-7-8-17(10)13(18)6-9-20-12-5-3-2-4-11(12)15/h2-5,10H,6-9H2,1H3,(H,16,19). The van der Waals surface area contributed by atoms with Gasteiger partial charge in [0.25, 0.3) is 0 Å². The molecule has 0 aliphatic carbocycles. The molecular formula is C14H17ClN2O2S. The van der Waals surface area contributed by atoms with Gasteiger partial charge in [-0.15, -0.1) is 11.8 Å². The van der Waals surface area contributed by atoms with Crippen molar-refractivity contribution in [1.29, 1.82) is 0 Å². The highest BCUT2D eigenvalue weighted by molar-refractivity contribution is 7.99. The van der Waals surface area contributed by atoms with Crippen LogP contribution < -0.4 is 5.32 Å². The first-order chi connectivity index (χ1) is 9.59. The molecule has 0 saturated carbocycles. The largest absolute Gasteiger partial charge is 0.353 e. The fourth-order valence-electron chi connectivity index (χ4n) is 2.08. The van der Waals surface area contributed by atoms with Gasteiger partial charge in [0.1, 0.15) is 6.04 Å². The third-order valence-electron chi connectivity index (χ3n) is 3.23. The summed E-state index contributed by atoms with van der Waals surface area (Å²) in [6, 6.07) is 7.21. The third kappa shape index (κ3) is 3.67. The van der Waals surface area contributed by atoms with E-state index in [1.54, 1.807) is 23.6 Å². The second-order valence-corrected chi connectivity index (χ2v) is 6.13. The Morgan fingerprint density at radius 3 is 3.00 bits per heavy atom. The Hall–Kier alpha value is -1.20. The minimum absolute atomic E-state index is 0.0203. The Balaban J connectivity index is 1.83. The topological polar surface area (TPSA) is 49.4 Å². The van der Waals surface area contributed by atoms with Gasteiger partial charge < -0.3 is 10.2 Å². The van der Waals surface area contributed by atoms with Crippen LogP contribution in [0.2, 0.25) is 5.02 Å².